The topological polar surface area (TPSA) is 17.0 Å². The predicted molar refractivity (Wildman–Crippen MR) is 73.6 cm³/mol. The minimum atomic E-state index is 0.750. The number of aromatic nitrogens is 1. The number of nitrogens with one attached hydrogen (secondary N) is 1. The maximum absolute atomic E-state index is 4.11. The molecule has 1 aromatic heterocycles. The van der Waals surface area contributed by atoms with Crippen LogP contribution < -0.4 is 5.43 Å². The van der Waals surface area contributed by atoms with E-state index in [2.05, 4.69) is 54.8 Å². The summed E-state index contributed by atoms with van der Waals surface area (Å²) in [5.74, 6) is 0. The highest BCUT2D eigenvalue weighted by atomic mass is 15.4. The van der Waals surface area contributed by atoms with E-state index in [-0.39, 0.29) is 0 Å². The molecule has 2 rings (SSSR count). The van der Waals surface area contributed by atoms with Gasteiger partial charge in [-0.25, -0.2) is 0 Å². The summed E-state index contributed by atoms with van der Waals surface area (Å²) in [4.78, 5) is 0. The Morgan fingerprint density at radius 3 is 2.24 bits per heavy atom. The number of nitrogens with zero attached hydrogens (tertiary/aromatic N) is 1. The first-order valence-corrected chi connectivity index (χ1v) is 5.80. The summed E-state index contributed by atoms with van der Waals surface area (Å²) in [5, 5.41) is 0. The van der Waals surface area contributed by atoms with Crippen LogP contribution >= 0.6 is 0 Å². The molecule has 17 heavy (non-hydrogen) atoms. The summed E-state index contributed by atoms with van der Waals surface area (Å²) in [6.07, 6.45) is 0. The van der Waals surface area contributed by atoms with Gasteiger partial charge in [0.05, 0.1) is 6.54 Å². The lowest BCUT2D eigenvalue weighted by Gasteiger charge is -2.14. The Hall–Kier alpha value is -1.96. The molecule has 0 aliphatic rings. The van der Waals surface area contributed by atoms with Gasteiger partial charge in [0, 0.05) is 11.4 Å². The van der Waals surface area contributed by atoms with Crippen LogP contribution in [0.15, 0.2) is 49.0 Å². The third-order valence-electron chi connectivity index (χ3n) is 2.90. The molecular weight excluding hydrogens is 208 g/mol. The van der Waals surface area contributed by atoms with Crippen LogP contribution in [0.1, 0.15) is 17.0 Å². The van der Waals surface area contributed by atoms with Crippen LogP contribution in [0.4, 0.5) is 0 Å². The van der Waals surface area contributed by atoms with E-state index in [4.69, 9.17) is 0 Å². The molecule has 1 N–H and O–H groups in total. The molecule has 0 aliphatic heterocycles. The van der Waals surface area contributed by atoms with Gasteiger partial charge in [0.2, 0.25) is 0 Å². The maximum Gasteiger partial charge on any atom is 0.0564 e. The lowest BCUT2D eigenvalue weighted by molar-refractivity contribution is 0.833. The Bertz CT molecular complexity index is 489. The predicted octanol–water partition coefficient (Wildman–Crippen LogP) is 3.36. The smallest absolute Gasteiger partial charge is 0.0564 e. The zero-order valence-electron chi connectivity index (χ0n) is 10.4. The molecule has 0 fully saturated rings. The standard InChI is InChI=1S/C15H18N2/c1-12(15-7-5-4-6-8-15)11-16-17-13(2)9-10-14(17)3/h4-10,16H,1,11H2,2-3H3. The van der Waals surface area contributed by atoms with Crippen molar-refractivity contribution in [3.05, 3.63) is 66.0 Å². The highest BCUT2D eigenvalue weighted by Gasteiger charge is 2.01. The lowest BCUT2D eigenvalue weighted by Crippen LogP contribution is -2.19. The lowest BCUT2D eigenvalue weighted by atomic mass is 10.1. The average Bonchev–Trinajstić information content (AvgIpc) is 2.67. The molecule has 0 saturated carbocycles. The van der Waals surface area contributed by atoms with Gasteiger partial charge in [-0.05, 0) is 37.1 Å². The minimum Gasteiger partial charge on any atom is -0.322 e. The molecule has 2 aromatic rings. The zero-order chi connectivity index (χ0) is 12.3. The van der Waals surface area contributed by atoms with Crippen LogP contribution in [0.25, 0.3) is 5.57 Å². The third kappa shape index (κ3) is 2.59. The van der Waals surface area contributed by atoms with E-state index in [1.54, 1.807) is 0 Å². The Morgan fingerprint density at radius 2 is 1.65 bits per heavy atom. The number of hydrogen-bond donors (Lipinski definition) is 1. The second-order valence-electron chi connectivity index (χ2n) is 4.26. The monoisotopic (exact) mass is 226 g/mol. The van der Waals surface area contributed by atoms with Crippen molar-refractivity contribution in [1.82, 2.24) is 4.68 Å². The van der Waals surface area contributed by atoms with E-state index < -0.39 is 0 Å². The van der Waals surface area contributed by atoms with Gasteiger partial charge >= 0.3 is 0 Å². The van der Waals surface area contributed by atoms with Crippen LogP contribution in [0, 0.1) is 13.8 Å². The van der Waals surface area contributed by atoms with Gasteiger partial charge in [-0.1, -0.05) is 36.9 Å². The van der Waals surface area contributed by atoms with Crippen LogP contribution in [0.5, 0.6) is 0 Å². The molecule has 0 atom stereocenters. The maximum atomic E-state index is 4.11. The summed E-state index contributed by atoms with van der Waals surface area (Å²) in [6, 6.07) is 14.5. The Labute approximate surface area is 103 Å². The van der Waals surface area contributed by atoms with Crippen LogP contribution in [-0.4, -0.2) is 11.2 Å². The fourth-order valence-corrected chi connectivity index (χ4v) is 1.87. The fourth-order valence-electron chi connectivity index (χ4n) is 1.87. The van der Waals surface area contributed by atoms with Crippen molar-refractivity contribution in [2.24, 2.45) is 0 Å². The summed E-state index contributed by atoms with van der Waals surface area (Å²) in [7, 11) is 0. The van der Waals surface area contributed by atoms with E-state index in [1.807, 2.05) is 18.2 Å². The summed E-state index contributed by atoms with van der Waals surface area (Å²) in [5.41, 5.74) is 8.08. The normalized spacial score (nSPS) is 10.2. The van der Waals surface area contributed by atoms with E-state index in [1.165, 1.54) is 17.0 Å². The molecule has 0 radical (unpaired) electrons. The van der Waals surface area contributed by atoms with Crippen molar-refractivity contribution >= 4 is 5.57 Å². The second-order valence-corrected chi connectivity index (χ2v) is 4.26. The van der Waals surface area contributed by atoms with Crippen molar-refractivity contribution in [2.75, 3.05) is 12.0 Å². The molecule has 0 spiro atoms. The zero-order valence-corrected chi connectivity index (χ0v) is 10.4. The fraction of sp³-hybridized carbons (Fsp3) is 0.200. The highest BCUT2D eigenvalue weighted by Crippen LogP contribution is 2.11. The average molecular weight is 226 g/mol. The van der Waals surface area contributed by atoms with Gasteiger partial charge in [0.15, 0.2) is 0 Å². The Kier molecular flexibility index (Phi) is 3.33. The molecule has 1 heterocycles. The quantitative estimate of drug-likeness (QED) is 0.846. The molecule has 0 bridgehead atoms. The summed E-state index contributed by atoms with van der Waals surface area (Å²) in [6.45, 7) is 9.04. The van der Waals surface area contributed by atoms with Crippen LogP contribution in [-0.2, 0) is 0 Å². The number of hydrogen-bond acceptors (Lipinski definition) is 1. The van der Waals surface area contributed by atoms with Gasteiger partial charge in [-0.2, -0.15) is 0 Å². The Balaban J connectivity index is 2.02. The second kappa shape index (κ2) is 4.91. The molecule has 88 valence electrons. The van der Waals surface area contributed by atoms with E-state index in [0.29, 0.717) is 0 Å². The van der Waals surface area contributed by atoms with Gasteiger partial charge in [-0.3, -0.25) is 4.68 Å². The summed E-state index contributed by atoms with van der Waals surface area (Å²) < 4.78 is 2.09. The molecule has 2 heteroatoms. The van der Waals surface area contributed by atoms with E-state index >= 15 is 0 Å². The minimum absolute atomic E-state index is 0.750. The molecule has 1 aromatic carbocycles. The van der Waals surface area contributed by atoms with Crippen molar-refractivity contribution < 1.29 is 0 Å². The van der Waals surface area contributed by atoms with E-state index in [0.717, 1.165) is 12.1 Å². The number of aryl methyl sites for hydroxylation is 2. The van der Waals surface area contributed by atoms with Gasteiger partial charge in [-0.15, -0.1) is 0 Å². The van der Waals surface area contributed by atoms with Gasteiger partial charge in [0.1, 0.15) is 0 Å². The number of benzene rings is 1. The molecule has 0 aliphatic carbocycles. The van der Waals surface area contributed by atoms with Crippen LogP contribution in [0.3, 0.4) is 0 Å². The Morgan fingerprint density at radius 1 is 1.06 bits per heavy atom. The van der Waals surface area contributed by atoms with Crippen molar-refractivity contribution in [3.63, 3.8) is 0 Å². The van der Waals surface area contributed by atoms with Crippen LogP contribution in [0.2, 0.25) is 0 Å². The van der Waals surface area contributed by atoms with Crippen molar-refractivity contribution in [1.29, 1.82) is 0 Å². The highest BCUT2D eigenvalue weighted by molar-refractivity contribution is 5.65. The van der Waals surface area contributed by atoms with E-state index in [9.17, 15) is 0 Å². The first-order valence-electron chi connectivity index (χ1n) is 5.80. The molecule has 0 unspecified atom stereocenters. The molecule has 0 saturated heterocycles. The van der Waals surface area contributed by atoms with Gasteiger partial charge < -0.3 is 5.43 Å². The summed E-state index contributed by atoms with van der Waals surface area (Å²) >= 11 is 0. The SMILES string of the molecule is C=C(CNn1c(C)ccc1C)c1ccccc1. The van der Waals surface area contributed by atoms with Crippen molar-refractivity contribution in [3.8, 4) is 0 Å². The first kappa shape index (κ1) is 11.5. The molecule has 2 nitrogen and oxygen atoms in total. The molecule has 0 amide bonds. The molecular formula is C15H18N2. The number of rotatable bonds is 4. The van der Waals surface area contributed by atoms with Crippen molar-refractivity contribution in [2.45, 2.75) is 13.8 Å². The third-order valence-corrected chi connectivity index (χ3v) is 2.90. The first-order chi connectivity index (χ1) is 8.18. The van der Waals surface area contributed by atoms with Gasteiger partial charge in [0.25, 0.3) is 0 Å². The largest absolute Gasteiger partial charge is 0.322 e.